The second-order valence-electron chi connectivity index (χ2n) is 5.19. The van der Waals surface area contributed by atoms with Crippen LogP contribution in [0.2, 0.25) is 0 Å². The van der Waals surface area contributed by atoms with Gasteiger partial charge in [0, 0.05) is 32.8 Å². The highest BCUT2D eigenvalue weighted by molar-refractivity contribution is 5.92. The van der Waals surface area contributed by atoms with Gasteiger partial charge in [0.2, 0.25) is 5.91 Å². The molecule has 1 amide bonds. The Balaban J connectivity index is 0.00000161. The van der Waals surface area contributed by atoms with Gasteiger partial charge in [-0.3, -0.25) is 4.79 Å². The first-order valence-corrected chi connectivity index (χ1v) is 7.13. The summed E-state index contributed by atoms with van der Waals surface area (Å²) in [5.41, 5.74) is 1.11. The lowest BCUT2D eigenvalue weighted by Crippen LogP contribution is -2.43. The highest BCUT2D eigenvalue weighted by atomic mass is 35.5. The molecule has 1 aromatic rings. The summed E-state index contributed by atoms with van der Waals surface area (Å²) in [6.07, 6.45) is 2.62. The average molecular weight is 313 g/mol. The van der Waals surface area contributed by atoms with Crippen molar-refractivity contribution >= 4 is 29.8 Å². The molecule has 3 heterocycles. The molecule has 0 aromatic carbocycles. The zero-order chi connectivity index (χ0) is 13.8. The number of pyridine rings is 1. The van der Waals surface area contributed by atoms with Gasteiger partial charge in [0.25, 0.3) is 0 Å². The minimum atomic E-state index is -0.0374. The molecule has 116 valence electrons. The van der Waals surface area contributed by atoms with E-state index in [-0.39, 0.29) is 24.2 Å². The van der Waals surface area contributed by atoms with Crippen LogP contribution in [0.1, 0.15) is 6.42 Å². The average Bonchev–Trinajstić information content (AvgIpc) is 3.03. The van der Waals surface area contributed by atoms with Crippen molar-refractivity contribution in [1.82, 2.24) is 10.3 Å². The predicted octanol–water partition coefficient (Wildman–Crippen LogP) is 0.888. The second kappa shape index (κ2) is 7.59. The molecule has 2 fully saturated rings. The number of rotatable bonds is 3. The number of carbonyl (C=O) groups excluding carboxylic acids is 1. The van der Waals surface area contributed by atoms with Gasteiger partial charge >= 0.3 is 0 Å². The fourth-order valence-corrected chi connectivity index (χ4v) is 2.54. The molecule has 6 nitrogen and oxygen atoms in total. The van der Waals surface area contributed by atoms with E-state index in [0.717, 1.165) is 38.3 Å². The maximum atomic E-state index is 12.0. The van der Waals surface area contributed by atoms with Crippen molar-refractivity contribution in [3.63, 3.8) is 0 Å². The first-order valence-electron chi connectivity index (χ1n) is 7.13. The fourth-order valence-electron chi connectivity index (χ4n) is 2.54. The molecule has 2 N–H and O–H groups in total. The van der Waals surface area contributed by atoms with Crippen molar-refractivity contribution in [2.75, 3.05) is 49.6 Å². The molecule has 7 heteroatoms. The van der Waals surface area contributed by atoms with Crippen LogP contribution in [0.15, 0.2) is 18.3 Å². The lowest BCUT2D eigenvalue weighted by molar-refractivity contribution is -0.119. The van der Waals surface area contributed by atoms with Crippen molar-refractivity contribution < 1.29 is 9.53 Å². The number of carbonyl (C=O) groups is 1. The molecule has 0 aliphatic carbocycles. The van der Waals surface area contributed by atoms with Crippen LogP contribution in [0.4, 0.5) is 11.5 Å². The lowest BCUT2D eigenvalue weighted by atomic mass is 10.1. The zero-order valence-electron chi connectivity index (χ0n) is 11.9. The number of aromatic nitrogens is 1. The first-order chi connectivity index (χ1) is 9.83. The van der Waals surface area contributed by atoms with Crippen molar-refractivity contribution in [2.24, 2.45) is 5.92 Å². The summed E-state index contributed by atoms with van der Waals surface area (Å²) in [4.78, 5) is 18.6. The molecule has 1 unspecified atom stereocenters. The molecule has 2 aliphatic heterocycles. The number of anilines is 2. The van der Waals surface area contributed by atoms with E-state index in [1.807, 2.05) is 18.3 Å². The topological polar surface area (TPSA) is 66.5 Å². The summed E-state index contributed by atoms with van der Waals surface area (Å²) < 4.78 is 5.22. The van der Waals surface area contributed by atoms with E-state index < -0.39 is 0 Å². The van der Waals surface area contributed by atoms with Crippen LogP contribution in [0.25, 0.3) is 0 Å². The lowest BCUT2D eigenvalue weighted by Gasteiger charge is -2.29. The molecule has 1 atom stereocenters. The summed E-state index contributed by atoms with van der Waals surface area (Å²) in [6, 6.07) is 3.88. The normalized spacial score (nSPS) is 21.7. The molecule has 0 bridgehead atoms. The van der Waals surface area contributed by atoms with Gasteiger partial charge in [-0.25, -0.2) is 4.98 Å². The fraction of sp³-hybridized carbons (Fsp3) is 0.571. The summed E-state index contributed by atoms with van der Waals surface area (Å²) in [5, 5.41) is 6.18. The second-order valence-corrected chi connectivity index (χ2v) is 5.19. The Morgan fingerprint density at radius 3 is 2.81 bits per heavy atom. The van der Waals surface area contributed by atoms with Gasteiger partial charge in [-0.2, -0.15) is 0 Å². The number of amides is 1. The molecule has 1 aromatic heterocycles. The van der Waals surface area contributed by atoms with Crippen LogP contribution in [0.3, 0.4) is 0 Å². The molecule has 0 spiro atoms. The zero-order valence-corrected chi connectivity index (χ0v) is 12.7. The van der Waals surface area contributed by atoms with Gasteiger partial charge < -0.3 is 20.3 Å². The Kier molecular flexibility index (Phi) is 5.78. The monoisotopic (exact) mass is 312 g/mol. The van der Waals surface area contributed by atoms with E-state index in [9.17, 15) is 4.79 Å². The van der Waals surface area contributed by atoms with Crippen LogP contribution in [0, 0.1) is 5.92 Å². The van der Waals surface area contributed by atoms with Gasteiger partial charge in [0.05, 0.1) is 24.4 Å². The highest BCUT2D eigenvalue weighted by Gasteiger charge is 2.23. The third-order valence-electron chi connectivity index (χ3n) is 3.78. The third-order valence-corrected chi connectivity index (χ3v) is 3.78. The van der Waals surface area contributed by atoms with Crippen molar-refractivity contribution in [1.29, 1.82) is 0 Å². The largest absolute Gasteiger partial charge is 0.381 e. The van der Waals surface area contributed by atoms with Crippen molar-refractivity contribution in [3.05, 3.63) is 18.3 Å². The van der Waals surface area contributed by atoms with E-state index in [4.69, 9.17) is 4.74 Å². The minimum absolute atomic E-state index is 0. The van der Waals surface area contributed by atoms with Crippen molar-refractivity contribution in [3.8, 4) is 0 Å². The number of ether oxygens (including phenoxy) is 1. The van der Waals surface area contributed by atoms with E-state index in [0.29, 0.717) is 19.0 Å². The Labute approximate surface area is 130 Å². The smallest absolute Gasteiger partial charge is 0.231 e. The Morgan fingerprint density at radius 2 is 2.19 bits per heavy atom. The number of halogens is 1. The maximum absolute atomic E-state index is 12.0. The summed E-state index contributed by atoms with van der Waals surface area (Å²) in [6.45, 7) is 5.18. The molecule has 0 saturated carbocycles. The molecular weight excluding hydrogens is 292 g/mol. The molecule has 2 aliphatic rings. The van der Waals surface area contributed by atoms with E-state index in [1.165, 1.54) is 0 Å². The number of piperazine rings is 1. The molecule has 21 heavy (non-hydrogen) atoms. The van der Waals surface area contributed by atoms with Crippen molar-refractivity contribution in [2.45, 2.75) is 6.42 Å². The van der Waals surface area contributed by atoms with E-state index in [1.54, 1.807) is 0 Å². The SMILES string of the molecule is Cl.O=C(Nc1ccc(N2CCNCC2)cn1)C1CCOC1. The minimum Gasteiger partial charge on any atom is -0.381 e. The van der Waals surface area contributed by atoms with E-state index in [2.05, 4.69) is 20.5 Å². The van der Waals surface area contributed by atoms with Crippen LogP contribution in [-0.2, 0) is 9.53 Å². The van der Waals surface area contributed by atoms with E-state index >= 15 is 0 Å². The van der Waals surface area contributed by atoms with Gasteiger partial charge in [0.1, 0.15) is 5.82 Å². The molecule has 0 radical (unpaired) electrons. The van der Waals surface area contributed by atoms with Gasteiger partial charge in [-0.1, -0.05) is 0 Å². The number of hydrogen-bond donors (Lipinski definition) is 2. The van der Waals surface area contributed by atoms with Crippen LogP contribution in [0.5, 0.6) is 0 Å². The molecular formula is C14H21ClN4O2. The summed E-state index contributed by atoms with van der Waals surface area (Å²) in [7, 11) is 0. The number of nitrogens with zero attached hydrogens (tertiary/aromatic N) is 2. The van der Waals surface area contributed by atoms with Gasteiger partial charge in [0.15, 0.2) is 0 Å². The Morgan fingerprint density at radius 1 is 1.38 bits per heavy atom. The number of hydrogen-bond acceptors (Lipinski definition) is 5. The standard InChI is InChI=1S/C14H20N4O2.ClH/c19-14(11-3-8-20-10-11)17-13-2-1-12(9-16-13)18-6-4-15-5-7-18;/h1-2,9,11,15H,3-8,10H2,(H,16,17,19);1H. The molecule has 2 saturated heterocycles. The summed E-state index contributed by atoms with van der Waals surface area (Å²) in [5.74, 6) is 0.579. The summed E-state index contributed by atoms with van der Waals surface area (Å²) >= 11 is 0. The first kappa shape index (κ1) is 16.0. The molecule has 3 rings (SSSR count). The quantitative estimate of drug-likeness (QED) is 0.867. The van der Waals surface area contributed by atoms with Gasteiger partial charge in [-0.05, 0) is 18.6 Å². The number of nitrogens with one attached hydrogen (secondary N) is 2. The predicted molar refractivity (Wildman–Crippen MR) is 84.1 cm³/mol. The third kappa shape index (κ3) is 4.06. The Bertz CT molecular complexity index is 457. The highest BCUT2D eigenvalue weighted by Crippen LogP contribution is 2.18. The van der Waals surface area contributed by atoms with Crippen LogP contribution < -0.4 is 15.5 Å². The maximum Gasteiger partial charge on any atom is 0.231 e. The van der Waals surface area contributed by atoms with Gasteiger partial charge in [-0.15, -0.1) is 12.4 Å². The van der Waals surface area contributed by atoms with Crippen LogP contribution in [-0.4, -0.2) is 50.3 Å². The van der Waals surface area contributed by atoms with Crippen LogP contribution >= 0.6 is 12.4 Å². The Hall–Kier alpha value is -1.37.